The van der Waals surface area contributed by atoms with Gasteiger partial charge in [0.15, 0.2) is 0 Å². The van der Waals surface area contributed by atoms with Gasteiger partial charge in [-0.05, 0) is 61.8 Å². The molecular formula is C27H41FN4OS. The Morgan fingerprint density at radius 1 is 1.06 bits per heavy atom. The number of benzene rings is 1. The quantitative estimate of drug-likeness (QED) is 0.488. The van der Waals surface area contributed by atoms with Crippen LogP contribution in [0, 0.1) is 5.82 Å². The van der Waals surface area contributed by atoms with E-state index in [-0.39, 0.29) is 23.8 Å². The number of aromatic nitrogens is 1. The summed E-state index contributed by atoms with van der Waals surface area (Å²) >= 11 is 1.50. The molecule has 2 aliphatic rings. The highest BCUT2D eigenvalue weighted by molar-refractivity contribution is 7.98. The SMILES string of the molecule is CC.CC.CCc1ccc(N2CCC(N3CCC(Nc4ccc(SC)cc4F)C3=O)CC2)nc1. The van der Waals surface area contributed by atoms with Crippen molar-refractivity contribution in [3.63, 3.8) is 0 Å². The number of carbonyl (C=O) groups excluding carboxylic acids is 1. The van der Waals surface area contributed by atoms with E-state index < -0.39 is 0 Å². The van der Waals surface area contributed by atoms with Gasteiger partial charge in [0.05, 0.1) is 5.69 Å². The first-order valence-corrected chi connectivity index (χ1v) is 13.9. The number of likely N-dealkylation sites (tertiary alicyclic amines) is 1. The summed E-state index contributed by atoms with van der Waals surface area (Å²) in [6.07, 6.45) is 7.45. The molecule has 1 atom stereocenters. The molecule has 3 heterocycles. The van der Waals surface area contributed by atoms with Gasteiger partial charge in [0.25, 0.3) is 0 Å². The third-order valence-electron chi connectivity index (χ3n) is 6.19. The van der Waals surface area contributed by atoms with Gasteiger partial charge in [0.1, 0.15) is 17.7 Å². The molecule has 1 amide bonds. The minimum Gasteiger partial charge on any atom is -0.371 e. The molecule has 1 N–H and O–H groups in total. The molecule has 1 unspecified atom stereocenters. The molecule has 0 bridgehead atoms. The first kappa shape index (κ1) is 28.0. The van der Waals surface area contributed by atoms with E-state index in [1.165, 1.54) is 23.4 Å². The number of carbonyl (C=O) groups is 1. The summed E-state index contributed by atoms with van der Waals surface area (Å²) in [5.41, 5.74) is 1.65. The van der Waals surface area contributed by atoms with Crippen molar-refractivity contribution in [1.82, 2.24) is 9.88 Å². The van der Waals surface area contributed by atoms with Crippen molar-refractivity contribution < 1.29 is 9.18 Å². The minimum absolute atomic E-state index is 0.0900. The standard InChI is InChI=1S/C23H29FN4OS.2C2H6/c1-3-16-4-7-22(25-15-16)27-11-8-17(9-12-27)28-13-10-21(23(28)29)26-20-6-5-18(30-2)14-19(20)24;2*1-2/h4-7,14-15,17,21,26H,3,8-13H2,1-2H3;2*1-2H3. The zero-order valence-corrected chi connectivity index (χ0v) is 22.4. The van der Waals surface area contributed by atoms with Gasteiger partial charge in [-0.3, -0.25) is 4.79 Å². The third-order valence-corrected chi connectivity index (χ3v) is 6.92. The van der Waals surface area contributed by atoms with E-state index in [1.54, 1.807) is 6.07 Å². The lowest BCUT2D eigenvalue weighted by Gasteiger charge is -2.37. The summed E-state index contributed by atoms with van der Waals surface area (Å²) < 4.78 is 14.3. The molecule has 4 rings (SSSR count). The largest absolute Gasteiger partial charge is 0.371 e. The van der Waals surface area contributed by atoms with Crippen LogP contribution in [-0.2, 0) is 11.2 Å². The molecule has 2 aromatic rings. The number of nitrogens with zero attached hydrogens (tertiary/aromatic N) is 3. The van der Waals surface area contributed by atoms with Gasteiger partial charge in [0.2, 0.25) is 5.91 Å². The van der Waals surface area contributed by atoms with Crippen molar-refractivity contribution in [2.45, 2.75) is 77.3 Å². The minimum atomic E-state index is -0.346. The van der Waals surface area contributed by atoms with Crippen LogP contribution in [0.25, 0.3) is 0 Å². The van der Waals surface area contributed by atoms with Crippen LogP contribution in [0.3, 0.4) is 0 Å². The van der Waals surface area contributed by atoms with Gasteiger partial charge in [-0.2, -0.15) is 0 Å². The number of piperidine rings is 1. The Balaban J connectivity index is 0.000000970. The number of amides is 1. The Morgan fingerprint density at radius 2 is 1.76 bits per heavy atom. The fourth-order valence-corrected chi connectivity index (χ4v) is 4.77. The van der Waals surface area contributed by atoms with Crippen LogP contribution < -0.4 is 10.2 Å². The van der Waals surface area contributed by atoms with Crippen LogP contribution >= 0.6 is 11.8 Å². The van der Waals surface area contributed by atoms with Gasteiger partial charge in [-0.25, -0.2) is 9.37 Å². The van der Waals surface area contributed by atoms with Crippen LogP contribution in [0.1, 0.15) is 59.4 Å². The molecule has 2 aliphatic heterocycles. The number of aryl methyl sites for hydroxylation is 1. The second-order valence-electron chi connectivity index (χ2n) is 7.96. The molecule has 0 spiro atoms. The smallest absolute Gasteiger partial charge is 0.245 e. The Labute approximate surface area is 209 Å². The van der Waals surface area contributed by atoms with Gasteiger partial charge >= 0.3 is 0 Å². The van der Waals surface area contributed by atoms with Crippen molar-refractivity contribution in [3.05, 3.63) is 47.9 Å². The van der Waals surface area contributed by atoms with Crippen molar-refractivity contribution in [2.75, 3.05) is 36.1 Å². The maximum atomic E-state index is 14.3. The number of hydrogen-bond donors (Lipinski definition) is 1. The molecule has 2 fully saturated rings. The van der Waals surface area contributed by atoms with E-state index in [1.807, 2.05) is 51.1 Å². The Hall–Kier alpha value is -2.28. The summed E-state index contributed by atoms with van der Waals surface area (Å²) in [7, 11) is 0. The fourth-order valence-electron chi connectivity index (χ4n) is 4.35. The molecule has 188 valence electrons. The number of hydrogen-bond acceptors (Lipinski definition) is 5. The number of rotatable bonds is 6. The zero-order valence-electron chi connectivity index (χ0n) is 21.6. The predicted octanol–water partition coefficient (Wildman–Crippen LogP) is 6.24. The highest BCUT2D eigenvalue weighted by Gasteiger charge is 2.37. The van der Waals surface area contributed by atoms with Crippen molar-refractivity contribution >= 4 is 29.2 Å². The first-order chi connectivity index (χ1) is 16.6. The van der Waals surface area contributed by atoms with E-state index >= 15 is 0 Å². The molecule has 34 heavy (non-hydrogen) atoms. The van der Waals surface area contributed by atoms with Crippen LogP contribution in [0.5, 0.6) is 0 Å². The van der Waals surface area contributed by atoms with Crippen molar-refractivity contribution in [2.24, 2.45) is 0 Å². The highest BCUT2D eigenvalue weighted by atomic mass is 32.2. The van der Waals surface area contributed by atoms with E-state index in [4.69, 9.17) is 0 Å². The maximum absolute atomic E-state index is 14.3. The second kappa shape index (κ2) is 14.2. The molecule has 1 aromatic carbocycles. The lowest BCUT2D eigenvalue weighted by atomic mass is 10.0. The van der Waals surface area contributed by atoms with Crippen LogP contribution in [-0.4, -0.2) is 53.8 Å². The van der Waals surface area contributed by atoms with Crippen molar-refractivity contribution in [3.8, 4) is 0 Å². The second-order valence-corrected chi connectivity index (χ2v) is 8.84. The number of thioether (sulfide) groups is 1. The average molecular weight is 489 g/mol. The van der Waals surface area contributed by atoms with Crippen molar-refractivity contribution in [1.29, 1.82) is 0 Å². The Bertz CT molecular complexity index is 885. The normalized spacial score (nSPS) is 18.1. The molecule has 0 aliphatic carbocycles. The van der Waals surface area contributed by atoms with Gasteiger partial charge in [-0.15, -0.1) is 11.8 Å². The summed E-state index contributed by atoms with van der Waals surface area (Å²) in [5.74, 6) is 0.803. The lowest BCUT2D eigenvalue weighted by Crippen LogP contribution is -2.47. The first-order valence-electron chi connectivity index (χ1n) is 12.7. The lowest BCUT2D eigenvalue weighted by molar-refractivity contribution is -0.130. The molecule has 1 aromatic heterocycles. The van der Waals surface area contributed by atoms with Crippen LogP contribution in [0.4, 0.5) is 15.9 Å². The molecule has 0 radical (unpaired) electrons. The topological polar surface area (TPSA) is 48.5 Å². The van der Waals surface area contributed by atoms with E-state index in [9.17, 15) is 9.18 Å². The van der Waals surface area contributed by atoms with Crippen LogP contribution in [0.15, 0.2) is 41.4 Å². The predicted molar refractivity (Wildman–Crippen MR) is 143 cm³/mol. The number of halogens is 1. The highest BCUT2D eigenvalue weighted by Crippen LogP contribution is 2.28. The number of nitrogens with one attached hydrogen (secondary N) is 1. The number of pyridine rings is 1. The van der Waals surface area contributed by atoms with Crippen LogP contribution in [0.2, 0.25) is 0 Å². The fraction of sp³-hybridized carbons (Fsp3) is 0.556. The molecule has 0 saturated carbocycles. The Kier molecular flexibility index (Phi) is 11.7. The third kappa shape index (κ3) is 6.87. The molecule has 5 nitrogen and oxygen atoms in total. The Morgan fingerprint density at radius 3 is 2.32 bits per heavy atom. The van der Waals surface area contributed by atoms with Gasteiger partial charge < -0.3 is 15.1 Å². The zero-order chi connectivity index (χ0) is 25.1. The molecular weight excluding hydrogens is 447 g/mol. The molecule has 2 saturated heterocycles. The number of anilines is 2. The summed E-state index contributed by atoms with van der Waals surface area (Å²) in [5, 5.41) is 3.13. The molecule has 7 heteroatoms. The van der Waals surface area contributed by atoms with E-state index in [0.29, 0.717) is 12.1 Å². The van der Waals surface area contributed by atoms with E-state index in [2.05, 4.69) is 34.3 Å². The maximum Gasteiger partial charge on any atom is 0.245 e. The van der Waals surface area contributed by atoms with E-state index in [0.717, 1.165) is 49.6 Å². The van der Waals surface area contributed by atoms with Gasteiger partial charge in [0, 0.05) is 36.8 Å². The van der Waals surface area contributed by atoms with Gasteiger partial charge in [-0.1, -0.05) is 40.7 Å². The summed E-state index contributed by atoms with van der Waals surface area (Å²) in [6.45, 7) is 12.7. The average Bonchev–Trinajstić information content (AvgIpc) is 3.27. The summed E-state index contributed by atoms with van der Waals surface area (Å²) in [6, 6.07) is 9.26. The monoisotopic (exact) mass is 488 g/mol. The summed E-state index contributed by atoms with van der Waals surface area (Å²) in [4.78, 5) is 22.7.